The summed E-state index contributed by atoms with van der Waals surface area (Å²) >= 11 is 0. The van der Waals surface area contributed by atoms with Gasteiger partial charge in [0, 0.05) is 6.04 Å². The van der Waals surface area contributed by atoms with Gasteiger partial charge in [-0.2, -0.15) is 13.2 Å². The zero-order chi connectivity index (χ0) is 13.6. The second-order valence-corrected chi connectivity index (χ2v) is 4.72. The fraction of sp³-hybridized carbons (Fsp3) is 0.385. The Balaban J connectivity index is 2.03. The molecule has 0 atom stereocenters. The average molecular weight is 268 g/mol. The molecule has 1 fully saturated rings. The molecular weight excluding hydrogens is 257 g/mol. The normalized spacial score (nSPS) is 15.9. The van der Waals surface area contributed by atoms with Gasteiger partial charge in [0.2, 0.25) is 5.78 Å². The van der Waals surface area contributed by atoms with Gasteiger partial charge < -0.3 is 4.57 Å². The Hall–Kier alpha value is -1.85. The molecule has 0 amide bonds. The first-order valence-corrected chi connectivity index (χ1v) is 6.02. The van der Waals surface area contributed by atoms with Crippen molar-refractivity contribution in [2.75, 3.05) is 0 Å². The van der Waals surface area contributed by atoms with Crippen molar-refractivity contribution in [3.8, 4) is 0 Å². The van der Waals surface area contributed by atoms with E-state index in [4.69, 9.17) is 0 Å². The van der Waals surface area contributed by atoms with E-state index >= 15 is 0 Å². The van der Waals surface area contributed by atoms with E-state index in [0.29, 0.717) is 5.52 Å². The minimum atomic E-state index is -4.80. The van der Waals surface area contributed by atoms with Crippen LogP contribution in [0.2, 0.25) is 0 Å². The number of nitrogens with zero attached hydrogens (tertiary/aromatic N) is 2. The third-order valence-electron chi connectivity index (χ3n) is 3.22. The number of carbonyl (C=O) groups is 1. The van der Waals surface area contributed by atoms with Crippen molar-refractivity contribution in [3.05, 3.63) is 30.1 Å². The van der Waals surface area contributed by atoms with Crippen LogP contribution in [0.25, 0.3) is 11.0 Å². The zero-order valence-electron chi connectivity index (χ0n) is 9.94. The highest BCUT2D eigenvalue weighted by molar-refractivity contribution is 5.86. The number of carbonyl (C=O) groups excluding carboxylic acids is 1. The number of ketones is 1. The number of hydrogen-bond acceptors (Lipinski definition) is 2. The van der Waals surface area contributed by atoms with Gasteiger partial charge in [0.05, 0.1) is 17.5 Å². The Kier molecular flexibility index (Phi) is 2.62. The molecule has 3 nitrogen and oxygen atoms in total. The Morgan fingerprint density at radius 1 is 1.32 bits per heavy atom. The molecule has 0 unspecified atom stereocenters. The summed E-state index contributed by atoms with van der Waals surface area (Å²) in [5.41, 5.74) is 1.44. The van der Waals surface area contributed by atoms with Gasteiger partial charge in [0.15, 0.2) is 0 Å². The number of imidazole rings is 1. The molecule has 6 heteroatoms. The molecule has 0 radical (unpaired) electrons. The van der Waals surface area contributed by atoms with Gasteiger partial charge in [-0.05, 0) is 25.0 Å². The Labute approximate surface area is 107 Å². The van der Waals surface area contributed by atoms with E-state index < -0.39 is 18.4 Å². The molecule has 0 bridgehead atoms. The molecule has 1 aromatic carbocycles. The molecule has 19 heavy (non-hydrogen) atoms. The Bertz CT molecular complexity index is 641. The van der Waals surface area contributed by atoms with E-state index in [1.165, 1.54) is 0 Å². The summed E-state index contributed by atoms with van der Waals surface area (Å²) < 4.78 is 38.8. The number of halogens is 3. The zero-order valence-corrected chi connectivity index (χ0v) is 9.94. The van der Waals surface area contributed by atoms with Gasteiger partial charge in [0.25, 0.3) is 0 Å². The lowest BCUT2D eigenvalue weighted by molar-refractivity contribution is -0.170. The summed E-state index contributed by atoms with van der Waals surface area (Å²) in [7, 11) is 0. The first-order chi connectivity index (χ1) is 8.97. The lowest BCUT2D eigenvalue weighted by atomic mass is 10.2. The number of hydrogen-bond donors (Lipinski definition) is 0. The van der Waals surface area contributed by atoms with E-state index in [1.54, 1.807) is 16.7 Å². The van der Waals surface area contributed by atoms with Crippen molar-refractivity contribution in [3.63, 3.8) is 0 Å². The van der Waals surface area contributed by atoms with Crippen molar-refractivity contribution in [2.45, 2.75) is 31.5 Å². The molecule has 1 aliphatic rings. The lowest BCUT2D eigenvalue weighted by Crippen LogP contribution is -2.26. The van der Waals surface area contributed by atoms with Gasteiger partial charge in [-0.15, -0.1) is 0 Å². The number of rotatable bonds is 3. The molecular formula is C13H11F3N2O. The molecule has 1 saturated carbocycles. The van der Waals surface area contributed by atoms with Gasteiger partial charge in [0.1, 0.15) is 5.82 Å². The summed E-state index contributed by atoms with van der Waals surface area (Å²) in [6, 6.07) is 7.35. The van der Waals surface area contributed by atoms with Crippen molar-refractivity contribution in [2.24, 2.45) is 0 Å². The van der Waals surface area contributed by atoms with Crippen molar-refractivity contribution < 1.29 is 18.0 Å². The summed E-state index contributed by atoms with van der Waals surface area (Å²) in [4.78, 5) is 15.3. The van der Waals surface area contributed by atoms with Gasteiger partial charge in [-0.1, -0.05) is 12.1 Å². The fourth-order valence-corrected chi connectivity index (χ4v) is 2.20. The van der Waals surface area contributed by atoms with Crippen LogP contribution in [0.3, 0.4) is 0 Å². The summed E-state index contributed by atoms with van der Waals surface area (Å²) in [6.45, 7) is 0. The Morgan fingerprint density at radius 3 is 2.63 bits per heavy atom. The standard InChI is InChI=1S/C13H11F3N2O/c14-13(15,16)11(19)7-12-17-9-3-1-2-4-10(9)18(12)8-5-6-8/h1-4,8H,5-7H2. The maximum absolute atomic E-state index is 12.4. The van der Waals surface area contributed by atoms with Crippen LogP contribution < -0.4 is 0 Å². The molecule has 1 aliphatic carbocycles. The number of alkyl halides is 3. The fourth-order valence-electron chi connectivity index (χ4n) is 2.20. The first-order valence-electron chi connectivity index (χ1n) is 6.02. The van der Waals surface area contributed by atoms with Gasteiger partial charge in [-0.25, -0.2) is 4.98 Å². The average Bonchev–Trinajstić information content (AvgIpc) is 3.09. The first kappa shape index (κ1) is 12.2. The minimum Gasteiger partial charge on any atom is -0.324 e. The molecule has 0 saturated heterocycles. The van der Waals surface area contributed by atoms with Crippen LogP contribution in [-0.2, 0) is 11.2 Å². The maximum Gasteiger partial charge on any atom is 0.450 e. The van der Waals surface area contributed by atoms with E-state index in [9.17, 15) is 18.0 Å². The third kappa shape index (κ3) is 2.22. The number of fused-ring (bicyclic) bond motifs is 1. The number of Topliss-reactive ketones (excluding diaryl/α,β-unsaturated/α-hetero) is 1. The van der Waals surface area contributed by atoms with Gasteiger partial charge >= 0.3 is 6.18 Å². The minimum absolute atomic E-state index is 0.184. The summed E-state index contributed by atoms with van der Waals surface area (Å²) in [5.74, 6) is -1.53. The third-order valence-corrected chi connectivity index (χ3v) is 3.22. The van der Waals surface area contributed by atoms with E-state index in [1.807, 2.05) is 12.1 Å². The Morgan fingerprint density at radius 2 is 2.00 bits per heavy atom. The number of para-hydroxylation sites is 2. The van der Waals surface area contributed by atoms with Crippen molar-refractivity contribution >= 4 is 16.8 Å². The largest absolute Gasteiger partial charge is 0.450 e. The topological polar surface area (TPSA) is 34.9 Å². The maximum atomic E-state index is 12.4. The smallest absolute Gasteiger partial charge is 0.324 e. The van der Waals surface area contributed by atoms with Crippen LogP contribution in [-0.4, -0.2) is 21.5 Å². The number of aromatic nitrogens is 2. The number of benzene rings is 1. The predicted molar refractivity (Wildman–Crippen MR) is 62.8 cm³/mol. The second kappa shape index (κ2) is 4.08. The molecule has 0 aliphatic heterocycles. The predicted octanol–water partition coefficient (Wildman–Crippen LogP) is 3.05. The van der Waals surface area contributed by atoms with Gasteiger partial charge in [-0.3, -0.25) is 4.79 Å². The quantitative estimate of drug-likeness (QED) is 0.857. The van der Waals surface area contributed by atoms with Crippen molar-refractivity contribution in [1.29, 1.82) is 0 Å². The van der Waals surface area contributed by atoms with Crippen LogP contribution in [0, 0.1) is 0 Å². The SMILES string of the molecule is O=C(Cc1nc2ccccc2n1C1CC1)C(F)(F)F. The second-order valence-electron chi connectivity index (χ2n) is 4.72. The molecule has 1 aromatic heterocycles. The molecule has 0 spiro atoms. The summed E-state index contributed by atoms with van der Waals surface area (Å²) in [5, 5.41) is 0. The highest BCUT2D eigenvalue weighted by Gasteiger charge is 2.39. The van der Waals surface area contributed by atoms with E-state index in [2.05, 4.69) is 4.98 Å². The summed E-state index contributed by atoms with van der Waals surface area (Å²) in [6.07, 6.45) is -3.64. The lowest BCUT2D eigenvalue weighted by Gasteiger charge is -2.08. The van der Waals surface area contributed by atoms with Crippen LogP contribution in [0.15, 0.2) is 24.3 Å². The molecule has 3 rings (SSSR count). The monoisotopic (exact) mass is 268 g/mol. The van der Waals surface area contributed by atoms with Crippen LogP contribution in [0.4, 0.5) is 13.2 Å². The molecule has 1 heterocycles. The molecule has 0 N–H and O–H groups in total. The highest BCUT2D eigenvalue weighted by atomic mass is 19.4. The van der Waals surface area contributed by atoms with Crippen LogP contribution in [0.5, 0.6) is 0 Å². The molecule has 100 valence electrons. The highest BCUT2D eigenvalue weighted by Crippen LogP contribution is 2.39. The van der Waals surface area contributed by atoms with E-state index in [-0.39, 0.29) is 11.9 Å². The van der Waals surface area contributed by atoms with E-state index in [0.717, 1.165) is 18.4 Å². The van der Waals surface area contributed by atoms with Crippen LogP contribution >= 0.6 is 0 Å². The molecule has 2 aromatic rings. The van der Waals surface area contributed by atoms with Crippen molar-refractivity contribution in [1.82, 2.24) is 9.55 Å². The van der Waals surface area contributed by atoms with Crippen LogP contribution in [0.1, 0.15) is 24.7 Å².